The van der Waals surface area contributed by atoms with Gasteiger partial charge in [-0.2, -0.15) is 8.78 Å². The summed E-state index contributed by atoms with van der Waals surface area (Å²) in [6.45, 7) is -1.69. The van der Waals surface area contributed by atoms with Crippen LogP contribution in [0.5, 0.6) is 11.5 Å². The van der Waals surface area contributed by atoms with Crippen LogP contribution in [-0.2, 0) is 6.54 Å². The molecule has 0 spiro atoms. The number of halogens is 2. The predicted octanol–water partition coefficient (Wildman–Crippen LogP) is 4.30. The summed E-state index contributed by atoms with van der Waals surface area (Å²) in [5.41, 5.74) is 0.714. The van der Waals surface area contributed by atoms with Gasteiger partial charge in [-0.15, -0.1) is 0 Å². The second-order valence-electron chi connectivity index (χ2n) is 7.05. The first-order valence-corrected chi connectivity index (χ1v) is 9.50. The maximum Gasteiger partial charge on any atom is 0.387 e. The Kier molecular flexibility index (Phi) is 6.94. The number of benzene rings is 2. The molecule has 3 rings (SSSR count). The van der Waals surface area contributed by atoms with Gasteiger partial charge < -0.3 is 9.47 Å². The second kappa shape index (κ2) is 9.62. The van der Waals surface area contributed by atoms with Gasteiger partial charge in [0.1, 0.15) is 0 Å². The molecule has 0 aliphatic carbocycles. The minimum atomic E-state index is -3.12. The number of nitro benzene ring substituents is 1. The highest BCUT2D eigenvalue weighted by atomic mass is 19.3. The first kappa shape index (κ1) is 21.6. The first-order chi connectivity index (χ1) is 14.4. The number of piperidine rings is 1. The van der Waals surface area contributed by atoms with E-state index in [0.717, 1.165) is 6.07 Å². The van der Waals surface area contributed by atoms with E-state index in [0.29, 0.717) is 37.1 Å². The van der Waals surface area contributed by atoms with Crippen molar-refractivity contribution in [3.05, 3.63) is 63.7 Å². The van der Waals surface area contributed by atoms with Gasteiger partial charge >= 0.3 is 6.61 Å². The summed E-state index contributed by atoms with van der Waals surface area (Å²) in [6.07, 6.45) is 1.29. The lowest BCUT2D eigenvalue weighted by atomic mass is 9.88. The SMILES string of the molecule is COc1cc(CN2CCC(C(=O)c3ccccc3)CC2)c([N+](=O)[O-])cc1OC(F)F. The highest BCUT2D eigenvalue weighted by Crippen LogP contribution is 2.36. The van der Waals surface area contributed by atoms with E-state index < -0.39 is 11.5 Å². The Labute approximate surface area is 172 Å². The van der Waals surface area contributed by atoms with Crippen LogP contribution >= 0.6 is 0 Å². The average Bonchev–Trinajstić information content (AvgIpc) is 2.74. The number of Topliss-reactive ketones (excluding diaryl/α,β-unsaturated/α-hetero) is 1. The van der Waals surface area contributed by atoms with Crippen molar-refractivity contribution in [3.8, 4) is 11.5 Å². The number of carbonyl (C=O) groups excluding carboxylic acids is 1. The van der Waals surface area contributed by atoms with Crippen LogP contribution in [0.4, 0.5) is 14.5 Å². The van der Waals surface area contributed by atoms with Gasteiger partial charge in [0.2, 0.25) is 0 Å². The largest absolute Gasteiger partial charge is 0.493 e. The van der Waals surface area contributed by atoms with E-state index in [1.54, 1.807) is 12.1 Å². The minimum absolute atomic E-state index is 0.00467. The molecule has 2 aromatic carbocycles. The van der Waals surface area contributed by atoms with Crippen molar-refractivity contribution < 1.29 is 28.0 Å². The van der Waals surface area contributed by atoms with Gasteiger partial charge in [0.15, 0.2) is 17.3 Å². The fourth-order valence-corrected chi connectivity index (χ4v) is 3.67. The molecule has 1 saturated heterocycles. The molecule has 7 nitrogen and oxygen atoms in total. The molecule has 0 atom stereocenters. The Balaban J connectivity index is 1.71. The molecule has 30 heavy (non-hydrogen) atoms. The molecular weight excluding hydrogens is 398 g/mol. The molecule has 0 N–H and O–H groups in total. The monoisotopic (exact) mass is 420 g/mol. The van der Waals surface area contributed by atoms with E-state index in [1.807, 2.05) is 23.1 Å². The topological polar surface area (TPSA) is 81.9 Å². The zero-order chi connectivity index (χ0) is 21.7. The summed E-state index contributed by atoms with van der Waals surface area (Å²) in [4.78, 5) is 25.5. The van der Waals surface area contributed by atoms with Gasteiger partial charge in [0.25, 0.3) is 5.69 Å². The van der Waals surface area contributed by atoms with Crippen molar-refractivity contribution in [2.75, 3.05) is 20.2 Å². The summed E-state index contributed by atoms with van der Waals surface area (Å²) in [6, 6.07) is 11.4. The molecule has 0 radical (unpaired) electrons. The molecule has 160 valence electrons. The number of methoxy groups -OCH3 is 1. The van der Waals surface area contributed by atoms with E-state index >= 15 is 0 Å². The molecule has 9 heteroatoms. The lowest BCUT2D eigenvalue weighted by Crippen LogP contribution is -2.36. The van der Waals surface area contributed by atoms with Gasteiger partial charge in [-0.3, -0.25) is 19.8 Å². The zero-order valence-electron chi connectivity index (χ0n) is 16.4. The van der Waals surface area contributed by atoms with Crippen LogP contribution in [0.25, 0.3) is 0 Å². The van der Waals surface area contributed by atoms with E-state index in [1.165, 1.54) is 13.2 Å². The van der Waals surface area contributed by atoms with Crippen LogP contribution in [0.15, 0.2) is 42.5 Å². The number of ketones is 1. The molecule has 2 aromatic rings. The van der Waals surface area contributed by atoms with Crippen molar-refractivity contribution in [2.45, 2.75) is 26.0 Å². The molecule has 0 amide bonds. The summed E-state index contributed by atoms with van der Waals surface area (Å²) in [5.74, 6) is -0.355. The van der Waals surface area contributed by atoms with E-state index in [4.69, 9.17) is 4.74 Å². The van der Waals surface area contributed by atoms with Crippen molar-refractivity contribution in [3.63, 3.8) is 0 Å². The third kappa shape index (κ3) is 5.10. The molecular formula is C21H22F2N2O5. The summed E-state index contributed by atoms with van der Waals surface area (Å²) >= 11 is 0. The second-order valence-corrected chi connectivity index (χ2v) is 7.05. The highest BCUT2D eigenvalue weighted by molar-refractivity contribution is 5.97. The normalized spacial score (nSPS) is 15.2. The molecule has 1 aliphatic rings. The Hall–Kier alpha value is -3.07. The molecule has 1 fully saturated rings. The van der Waals surface area contributed by atoms with E-state index in [9.17, 15) is 23.7 Å². The summed E-state index contributed by atoms with van der Waals surface area (Å²) in [7, 11) is 1.28. The molecule has 1 heterocycles. The number of likely N-dealkylation sites (tertiary alicyclic amines) is 1. The third-order valence-electron chi connectivity index (χ3n) is 5.19. The van der Waals surface area contributed by atoms with Crippen LogP contribution in [0.3, 0.4) is 0 Å². The van der Waals surface area contributed by atoms with Crippen molar-refractivity contribution in [1.82, 2.24) is 4.90 Å². The molecule has 0 saturated carbocycles. The summed E-state index contributed by atoms with van der Waals surface area (Å²) in [5, 5.41) is 11.5. The fraction of sp³-hybridized carbons (Fsp3) is 0.381. The van der Waals surface area contributed by atoms with Gasteiger partial charge in [-0.25, -0.2) is 0 Å². The van der Waals surface area contributed by atoms with Gasteiger partial charge in [0, 0.05) is 23.6 Å². The predicted molar refractivity (Wildman–Crippen MR) is 105 cm³/mol. The Bertz CT molecular complexity index is 900. The van der Waals surface area contributed by atoms with Gasteiger partial charge in [-0.1, -0.05) is 30.3 Å². The number of rotatable bonds is 8. The third-order valence-corrected chi connectivity index (χ3v) is 5.19. The number of carbonyl (C=O) groups is 1. The minimum Gasteiger partial charge on any atom is -0.493 e. The Morgan fingerprint density at radius 3 is 2.43 bits per heavy atom. The fourth-order valence-electron chi connectivity index (χ4n) is 3.67. The Morgan fingerprint density at radius 2 is 1.87 bits per heavy atom. The standard InChI is InChI=1S/C21H22F2N2O5/c1-29-18-11-16(17(25(27)28)12-19(18)30-21(22)23)13-24-9-7-15(8-10-24)20(26)14-5-3-2-4-6-14/h2-6,11-12,15,21H,7-10,13H2,1H3. The number of alkyl halides is 2. The quantitative estimate of drug-likeness (QED) is 0.360. The van der Waals surface area contributed by atoms with Crippen molar-refractivity contribution >= 4 is 11.5 Å². The van der Waals surface area contributed by atoms with Crippen LogP contribution in [0.1, 0.15) is 28.8 Å². The number of hydrogen-bond donors (Lipinski definition) is 0. The molecule has 1 aliphatic heterocycles. The average molecular weight is 420 g/mol. The lowest BCUT2D eigenvalue weighted by molar-refractivity contribution is -0.385. The number of nitro groups is 1. The van der Waals surface area contributed by atoms with Crippen molar-refractivity contribution in [2.24, 2.45) is 5.92 Å². The van der Waals surface area contributed by atoms with Crippen molar-refractivity contribution in [1.29, 1.82) is 0 Å². The van der Waals surface area contributed by atoms with E-state index in [2.05, 4.69) is 4.74 Å². The zero-order valence-corrected chi connectivity index (χ0v) is 16.4. The van der Waals surface area contributed by atoms with Crippen LogP contribution in [0, 0.1) is 16.0 Å². The smallest absolute Gasteiger partial charge is 0.387 e. The van der Waals surface area contributed by atoms with E-state index in [-0.39, 0.29) is 35.4 Å². The first-order valence-electron chi connectivity index (χ1n) is 9.50. The molecule has 0 unspecified atom stereocenters. The summed E-state index contributed by atoms with van der Waals surface area (Å²) < 4.78 is 34.6. The van der Waals surface area contributed by atoms with Crippen LogP contribution < -0.4 is 9.47 Å². The van der Waals surface area contributed by atoms with Gasteiger partial charge in [0.05, 0.1) is 18.1 Å². The Morgan fingerprint density at radius 1 is 1.20 bits per heavy atom. The number of hydrogen-bond acceptors (Lipinski definition) is 6. The number of ether oxygens (including phenoxy) is 2. The lowest BCUT2D eigenvalue weighted by Gasteiger charge is -2.31. The molecule has 0 bridgehead atoms. The maximum absolute atomic E-state index is 12.6. The highest BCUT2D eigenvalue weighted by Gasteiger charge is 2.28. The number of nitrogens with zero attached hydrogens (tertiary/aromatic N) is 2. The maximum atomic E-state index is 12.6. The van der Waals surface area contributed by atoms with Gasteiger partial charge in [-0.05, 0) is 32.0 Å². The van der Waals surface area contributed by atoms with Crippen LogP contribution in [0.2, 0.25) is 0 Å². The molecule has 0 aromatic heterocycles. The van der Waals surface area contributed by atoms with Crippen LogP contribution in [-0.4, -0.2) is 42.4 Å².